The fraction of sp³-hybridized carbons (Fsp3) is 0.800. The third-order valence-electron chi connectivity index (χ3n) is 0.871. The van der Waals surface area contributed by atoms with Crippen LogP contribution in [0, 0.1) is 5.92 Å². The van der Waals surface area contributed by atoms with E-state index < -0.39 is 11.3 Å². The van der Waals surface area contributed by atoms with Crippen molar-refractivity contribution < 1.29 is 13.6 Å². The molecule has 0 aromatic carbocycles. The second-order valence-electron chi connectivity index (χ2n) is 2.50. The maximum Gasteiger partial charge on any atom is 0.250 e. The van der Waals surface area contributed by atoms with Gasteiger partial charge in [-0.05, 0) is 5.92 Å². The minimum Gasteiger partial charge on any atom is -0.293 e. The van der Waals surface area contributed by atoms with Crippen molar-refractivity contribution in [3.63, 3.8) is 0 Å². The normalized spacial score (nSPS) is 13.1. The van der Waals surface area contributed by atoms with Crippen LogP contribution in [0.4, 0.5) is 0 Å². The zero-order valence-corrected chi connectivity index (χ0v) is 7.27. The van der Waals surface area contributed by atoms with E-state index in [1.54, 1.807) is 0 Å². The lowest BCUT2D eigenvalue weighted by atomic mass is 10.1. The van der Waals surface area contributed by atoms with Crippen LogP contribution < -0.4 is 10.3 Å². The Bertz CT molecular complexity index is 160. The number of rotatable bonds is 4. The molecule has 0 saturated heterocycles. The molecule has 0 aromatic heterocycles. The molecule has 0 fully saturated rings. The minimum atomic E-state index is -2.18. The molecule has 0 aliphatic carbocycles. The lowest BCUT2D eigenvalue weighted by molar-refractivity contribution is -0.122. The number of hydrogen-bond acceptors (Lipinski definition) is 2. The van der Waals surface area contributed by atoms with E-state index >= 15 is 0 Å². The summed E-state index contributed by atoms with van der Waals surface area (Å²) in [7, 11) is 0. The summed E-state index contributed by atoms with van der Waals surface area (Å²) in [5, 5.41) is 0. The first-order chi connectivity index (χ1) is 5.02. The Morgan fingerprint density at radius 1 is 1.64 bits per heavy atom. The molecular formula is C5H12N2O3S. The van der Waals surface area contributed by atoms with Gasteiger partial charge in [-0.2, -0.15) is 0 Å². The highest BCUT2D eigenvalue weighted by Gasteiger charge is 2.03. The van der Waals surface area contributed by atoms with Crippen LogP contribution in [0.2, 0.25) is 0 Å². The minimum absolute atomic E-state index is 0.240. The predicted octanol–water partition coefficient (Wildman–Crippen LogP) is -0.210. The first-order valence-corrected chi connectivity index (χ1v) is 4.28. The molecule has 0 rings (SSSR count). The SMILES string of the molecule is CC(C)CC(=O)NNS(=O)O. The topological polar surface area (TPSA) is 78.4 Å². The second kappa shape index (κ2) is 5.22. The summed E-state index contributed by atoms with van der Waals surface area (Å²) in [5.74, 6) is -0.0497. The average molecular weight is 180 g/mol. The van der Waals surface area contributed by atoms with Crippen molar-refractivity contribution in [3.05, 3.63) is 0 Å². The zero-order chi connectivity index (χ0) is 8.85. The van der Waals surface area contributed by atoms with E-state index in [0.717, 1.165) is 0 Å². The molecule has 0 aromatic rings. The Hall–Kier alpha value is -0.460. The van der Waals surface area contributed by atoms with E-state index in [2.05, 4.69) is 5.43 Å². The monoisotopic (exact) mass is 180 g/mol. The van der Waals surface area contributed by atoms with Gasteiger partial charge in [0.15, 0.2) is 0 Å². The molecule has 1 atom stereocenters. The smallest absolute Gasteiger partial charge is 0.250 e. The van der Waals surface area contributed by atoms with Crippen molar-refractivity contribution in [1.29, 1.82) is 0 Å². The number of carbonyl (C=O) groups excluding carboxylic acids is 1. The summed E-state index contributed by atoms with van der Waals surface area (Å²) in [6.45, 7) is 3.77. The fourth-order valence-corrected chi connectivity index (χ4v) is 0.724. The molecule has 0 saturated carbocycles. The summed E-state index contributed by atoms with van der Waals surface area (Å²) in [4.78, 5) is 12.6. The van der Waals surface area contributed by atoms with Gasteiger partial charge in [0, 0.05) is 6.42 Å². The van der Waals surface area contributed by atoms with Gasteiger partial charge in [0.1, 0.15) is 0 Å². The molecule has 6 heteroatoms. The summed E-state index contributed by atoms with van der Waals surface area (Å²) in [5.41, 5.74) is 2.07. The van der Waals surface area contributed by atoms with Crippen molar-refractivity contribution in [3.8, 4) is 0 Å². The van der Waals surface area contributed by atoms with Crippen LogP contribution in [-0.2, 0) is 16.1 Å². The lowest BCUT2D eigenvalue weighted by Gasteiger charge is -2.04. The number of hydrazine groups is 1. The van der Waals surface area contributed by atoms with Crippen LogP contribution in [0.5, 0.6) is 0 Å². The summed E-state index contributed by atoms with van der Waals surface area (Å²) in [6.07, 6.45) is 0.337. The summed E-state index contributed by atoms with van der Waals surface area (Å²) < 4.78 is 18.2. The highest BCUT2D eigenvalue weighted by molar-refractivity contribution is 7.77. The second-order valence-corrected chi connectivity index (χ2v) is 3.20. The molecule has 0 aliphatic rings. The van der Waals surface area contributed by atoms with Gasteiger partial charge in [0.25, 0.3) is 11.3 Å². The Morgan fingerprint density at radius 2 is 2.18 bits per heavy atom. The van der Waals surface area contributed by atoms with Gasteiger partial charge in [0.2, 0.25) is 5.91 Å². The fourth-order valence-electron chi connectivity index (χ4n) is 0.522. The van der Waals surface area contributed by atoms with E-state index in [1.165, 1.54) is 0 Å². The quantitative estimate of drug-likeness (QED) is 0.414. The number of hydrogen-bond donors (Lipinski definition) is 3. The number of amides is 1. The van der Waals surface area contributed by atoms with Gasteiger partial charge in [-0.3, -0.25) is 14.8 Å². The van der Waals surface area contributed by atoms with Crippen LogP contribution in [0.3, 0.4) is 0 Å². The molecule has 0 bridgehead atoms. The van der Waals surface area contributed by atoms with E-state index in [9.17, 15) is 9.00 Å². The van der Waals surface area contributed by atoms with Gasteiger partial charge < -0.3 is 0 Å². The summed E-state index contributed by atoms with van der Waals surface area (Å²) in [6, 6.07) is 0. The van der Waals surface area contributed by atoms with E-state index in [-0.39, 0.29) is 11.8 Å². The van der Waals surface area contributed by atoms with Gasteiger partial charge in [0.05, 0.1) is 0 Å². The standard InChI is InChI=1S/C5H12N2O3S/c1-4(2)3-5(8)6-7-11(9)10/h4,7H,3H2,1-2H3,(H,6,8)(H,9,10). The zero-order valence-electron chi connectivity index (χ0n) is 6.46. The lowest BCUT2D eigenvalue weighted by Crippen LogP contribution is -2.38. The molecule has 0 aliphatic heterocycles. The average Bonchev–Trinajstić information content (AvgIpc) is 1.82. The third kappa shape index (κ3) is 7.44. The van der Waals surface area contributed by atoms with Gasteiger partial charge in [-0.1, -0.05) is 13.8 Å². The first-order valence-electron chi connectivity index (χ1n) is 3.17. The Morgan fingerprint density at radius 3 is 2.55 bits per heavy atom. The molecule has 0 heterocycles. The van der Waals surface area contributed by atoms with Crippen LogP contribution >= 0.6 is 0 Å². The van der Waals surface area contributed by atoms with Crippen molar-refractivity contribution >= 4 is 17.2 Å². The van der Waals surface area contributed by atoms with Crippen molar-refractivity contribution in [2.24, 2.45) is 5.92 Å². The van der Waals surface area contributed by atoms with Crippen molar-refractivity contribution in [2.45, 2.75) is 20.3 Å². The van der Waals surface area contributed by atoms with Crippen molar-refractivity contribution in [1.82, 2.24) is 10.3 Å². The Labute approximate surface area is 67.9 Å². The molecule has 66 valence electrons. The molecule has 5 nitrogen and oxygen atoms in total. The maximum atomic E-state index is 10.7. The highest BCUT2D eigenvalue weighted by atomic mass is 32.2. The van der Waals surface area contributed by atoms with E-state index in [4.69, 9.17) is 4.55 Å². The molecule has 1 unspecified atom stereocenters. The summed E-state index contributed by atoms with van der Waals surface area (Å²) >= 11 is -2.18. The van der Waals surface area contributed by atoms with Crippen LogP contribution in [0.25, 0.3) is 0 Å². The third-order valence-corrected chi connectivity index (χ3v) is 1.15. The van der Waals surface area contributed by atoms with Crippen LogP contribution in [0.1, 0.15) is 20.3 Å². The predicted molar refractivity (Wildman–Crippen MR) is 41.5 cm³/mol. The molecule has 1 amide bonds. The molecule has 0 radical (unpaired) electrons. The van der Waals surface area contributed by atoms with Gasteiger partial charge >= 0.3 is 0 Å². The first kappa shape index (κ1) is 10.5. The van der Waals surface area contributed by atoms with Crippen molar-refractivity contribution in [2.75, 3.05) is 0 Å². The van der Waals surface area contributed by atoms with Crippen LogP contribution in [-0.4, -0.2) is 14.7 Å². The number of nitrogens with one attached hydrogen (secondary N) is 2. The van der Waals surface area contributed by atoms with Crippen LogP contribution in [0.15, 0.2) is 0 Å². The Kier molecular flexibility index (Phi) is 5.01. The van der Waals surface area contributed by atoms with E-state index in [1.807, 2.05) is 18.7 Å². The van der Waals surface area contributed by atoms with E-state index in [0.29, 0.717) is 6.42 Å². The molecule has 3 N–H and O–H groups in total. The largest absolute Gasteiger partial charge is 0.293 e. The maximum absolute atomic E-state index is 10.7. The highest BCUT2D eigenvalue weighted by Crippen LogP contribution is 1.96. The number of carbonyl (C=O) groups is 1. The molecular weight excluding hydrogens is 168 g/mol. The molecule has 0 spiro atoms. The van der Waals surface area contributed by atoms with Gasteiger partial charge in [-0.25, -0.2) is 4.21 Å². The molecule has 11 heavy (non-hydrogen) atoms. The van der Waals surface area contributed by atoms with Gasteiger partial charge in [-0.15, -0.1) is 4.83 Å². The Balaban J connectivity index is 3.45.